The Morgan fingerprint density at radius 2 is 1.61 bits per heavy atom. The number of sulfonamides is 1. The molecule has 0 radical (unpaired) electrons. The third-order valence-corrected chi connectivity index (χ3v) is 17.2. The van der Waals surface area contributed by atoms with Gasteiger partial charge in [0.2, 0.25) is 5.91 Å². The van der Waals surface area contributed by atoms with Crippen LogP contribution in [-0.4, -0.2) is 19.3 Å². The lowest BCUT2D eigenvalue weighted by Crippen LogP contribution is -2.65. The summed E-state index contributed by atoms with van der Waals surface area (Å²) in [6.07, 6.45) is 11.1. The number of allylic oxidation sites excluding steroid dienone is 2. The van der Waals surface area contributed by atoms with Crippen molar-refractivity contribution in [1.29, 1.82) is 0 Å². The van der Waals surface area contributed by atoms with Gasteiger partial charge in [-0.15, -0.1) is 0 Å². The fraction of sp³-hybridized carbons (Fsp3) is 0.595. The molecule has 0 aliphatic heterocycles. The number of halogens is 1. The SMILES string of the molecule is CC1(C)CC[C@]2(C(=O)NS(=O)(=O)c3ccccc3)CC[C@]3(C)C(=CC[C@@H]4[C@@]5(C)Cc6c([nH]c7ccc(Cl)cc67)C(C)(C)[C@@H]5CC[C@]43C)[C@@H]2C1. The number of carbonyl (C=O) groups is 1. The number of nitrogens with one attached hydrogen (secondary N) is 2. The Morgan fingerprint density at radius 3 is 2.35 bits per heavy atom. The number of amides is 1. The molecule has 7 atom stereocenters. The molecule has 8 rings (SSSR count). The predicted molar refractivity (Wildman–Crippen MR) is 198 cm³/mol. The summed E-state index contributed by atoms with van der Waals surface area (Å²) >= 11 is 6.58. The van der Waals surface area contributed by atoms with Gasteiger partial charge >= 0.3 is 0 Å². The van der Waals surface area contributed by atoms with Crippen LogP contribution in [0, 0.1) is 44.8 Å². The Labute approximate surface area is 298 Å². The van der Waals surface area contributed by atoms with Gasteiger partial charge in [-0.1, -0.05) is 89.9 Å². The minimum absolute atomic E-state index is 0.00248. The maximum Gasteiger partial charge on any atom is 0.264 e. The van der Waals surface area contributed by atoms with Crippen molar-refractivity contribution >= 4 is 38.4 Å². The average molecular weight is 701 g/mol. The van der Waals surface area contributed by atoms with E-state index < -0.39 is 15.4 Å². The summed E-state index contributed by atoms with van der Waals surface area (Å²) < 4.78 is 29.6. The highest BCUT2D eigenvalue weighted by molar-refractivity contribution is 7.90. The second kappa shape index (κ2) is 10.5. The van der Waals surface area contributed by atoms with Crippen molar-refractivity contribution < 1.29 is 13.2 Å². The zero-order valence-electron chi connectivity index (χ0n) is 30.3. The van der Waals surface area contributed by atoms with E-state index in [0.717, 1.165) is 50.0 Å². The van der Waals surface area contributed by atoms with Crippen LogP contribution in [0.2, 0.25) is 5.02 Å². The molecule has 0 unspecified atom stereocenters. The van der Waals surface area contributed by atoms with Crippen molar-refractivity contribution in [2.24, 2.45) is 44.8 Å². The molecule has 7 heteroatoms. The first-order chi connectivity index (χ1) is 22.9. The number of hydrogen-bond acceptors (Lipinski definition) is 3. The molecule has 262 valence electrons. The largest absolute Gasteiger partial charge is 0.358 e. The van der Waals surface area contributed by atoms with Gasteiger partial charge in [0, 0.05) is 27.0 Å². The van der Waals surface area contributed by atoms with Crippen molar-refractivity contribution in [3.8, 4) is 0 Å². The number of aromatic nitrogens is 1. The monoisotopic (exact) mass is 700 g/mol. The molecule has 0 spiro atoms. The number of rotatable bonds is 3. The Kier molecular flexibility index (Phi) is 7.19. The fourth-order valence-corrected chi connectivity index (χ4v) is 14.1. The van der Waals surface area contributed by atoms with Gasteiger partial charge in [0.25, 0.3) is 10.0 Å². The van der Waals surface area contributed by atoms with Crippen molar-refractivity contribution in [2.75, 3.05) is 0 Å². The molecule has 0 saturated heterocycles. The highest BCUT2D eigenvalue weighted by atomic mass is 35.5. The number of hydrogen-bond donors (Lipinski definition) is 2. The number of benzene rings is 2. The lowest BCUT2D eigenvalue weighted by molar-refractivity contribution is -0.166. The summed E-state index contributed by atoms with van der Waals surface area (Å²) in [5, 5.41) is 2.05. The second-order valence-electron chi connectivity index (χ2n) is 18.7. The van der Waals surface area contributed by atoms with Crippen LogP contribution in [0.25, 0.3) is 10.9 Å². The second-order valence-corrected chi connectivity index (χ2v) is 20.8. The van der Waals surface area contributed by atoms with Crippen molar-refractivity contribution in [1.82, 2.24) is 9.71 Å². The van der Waals surface area contributed by atoms with Gasteiger partial charge in [-0.3, -0.25) is 4.79 Å². The Hall–Kier alpha value is -2.57. The molecule has 2 aromatic carbocycles. The van der Waals surface area contributed by atoms with Crippen LogP contribution in [0.4, 0.5) is 0 Å². The van der Waals surface area contributed by atoms with E-state index in [1.807, 2.05) is 6.07 Å². The van der Waals surface area contributed by atoms with E-state index in [1.54, 1.807) is 30.3 Å². The predicted octanol–water partition coefficient (Wildman–Crippen LogP) is 10.1. The summed E-state index contributed by atoms with van der Waals surface area (Å²) in [6.45, 7) is 17.3. The molecule has 2 N–H and O–H groups in total. The normalized spacial score (nSPS) is 37.5. The maximum absolute atomic E-state index is 14.5. The van der Waals surface area contributed by atoms with Gasteiger partial charge in [0.05, 0.1) is 10.3 Å². The molecule has 49 heavy (non-hydrogen) atoms. The van der Waals surface area contributed by atoms with E-state index in [0.29, 0.717) is 18.3 Å². The number of aromatic amines is 1. The van der Waals surface area contributed by atoms with E-state index in [2.05, 4.69) is 76.4 Å². The van der Waals surface area contributed by atoms with Gasteiger partial charge in [0.1, 0.15) is 0 Å². The van der Waals surface area contributed by atoms with E-state index in [4.69, 9.17) is 11.6 Å². The number of fused-ring (bicyclic) bond motifs is 10. The Balaban J connectivity index is 1.20. The van der Waals surface area contributed by atoms with Gasteiger partial charge in [-0.25, -0.2) is 13.1 Å². The Bertz CT molecular complexity index is 2010. The molecule has 3 saturated carbocycles. The molecule has 5 aliphatic rings. The number of carbonyl (C=O) groups excluding carboxylic acids is 1. The minimum Gasteiger partial charge on any atom is -0.358 e. The smallest absolute Gasteiger partial charge is 0.264 e. The summed E-state index contributed by atoms with van der Waals surface area (Å²) in [5.41, 5.74) is 4.88. The summed E-state index contributed by atoms with van der Waals surface area (Å²) in [6, 6.07) is 14.6. The highest BCUT2D eigenvalue weighted by Gasteiger charge is 2.69. The summed E-state index contributed by atoms with van der Waals surface area (Å²) in [7, 11) is -3.97. The third-order valence-electron chi connectivity index (χ3n) is 15.6. The molecule has 1 aromatic heterocycles. The van der Waals surface area contributed by atoms with Crippen molar-refractivity contribution in [3.63, 3.8) is 0 Å². The van der Waals surface area contributed by atoms with Crippen LogP contribution < -0.4 is 4.72 Å². The van der Waals surface area contributed by atoms with E-state index in [1.165, 1.54) is 34.2 Å². The first-order valence-electron chi connectivity index (χ1n) is 18.5. The summed E-state index contributed by atoms with van der Waals surface area (Å²) in [4.78, 5) is 18.5. The van der Waals surface area contributed by atoms with Gasteiger partial charge in [-0.2, -0.15) is 0 Å². The van der Waals surface area contributed by atoms with Crippen LogP contribution >= 0.6 is 11.6 Å². The number of H-pyrrole nitrogens is 1. The van der Waals surface area contributed by atoms with Gasteiger partial charge < -0.3 is 4.98 Å². The molecule has 1 amide bonds. The van der Waals surface area contributed by atoms with E-state index in [-0.39, 0.29) is 43.8 Å². The highest BCUT2D eigenvalue weighted by Crippen LogP contribution is 2.75. The maximum atomic E-state index is 14.5. The fourth-order valence-electron chi connectivity index (χ4n) is 12.8. The van der Waals surface area contributed by atoms with Gasteiger partial charge in [0.15, 0.2) is 0 Å². The zero-order valence-corrected chi connectivity index (χ0v) is 31.9. The summed E-state index contributed by atoms with van der Waals surface area (Å²) in [5.74, 6) is 0.745. The van der Waals surface area contributed by atoms with Crippen LogP contribution in [0.3, 0.4) is 0 Å². The van der Waals surface area contributed by atoms with Gasteiger partial charge in [-0.05, 0) is 133 Å². The zero-order chi connectivity index (χ0) is 35.0. The molecule has 5 nitrogen and oxygen atoms in total. The first kappa shape index (κ1) is 33.6. The van der Waals surface area contributed by atoms with E-state index >= 15 is 0 Å². The molecule has 1 heterocycles. The van der Waals surface area contributed by atoms with Crippen LogP contribution in [0.15, 0.2) is 65.1 Å². The standard InChI is InChI=1S/C42H53ClN2O3S/c1-37(2)19-21-42(36(46)45-49(47,48)27-11-9-8-10-12-27)22-20-40(6)30(31(42)25-37)14-16-34-39(5)24-29-28-23-26(43)13-15-32(28)44-35(29)38(3,4)33(39)17-18-41(34,40)7/h8-15,23,31,33-34,44H,16-22,24-25H2,1-7H3,(H,45,46)/t31-,33-,34+,39-,40+,41+,42-/m0/s1. The van der Waals surface area contributed by atoms with Crippen LogP contribution in [0.5, 0.6) is 0 Å². The molecule has 3 fully saturated rings. The quantitative estimate of drug-likeness (QED) is 0.267. The average Bonchev–Trinajstić information content (AvgIpc) is 3.39. The third kappa shape index (κ3) is 4.54. The van der Waals surface area contributed by atoms with Crippen molar-refractivity contribution in [2.45, 2.75) is 117 Å². The molecular formula is C42H53ClN2O3S. The van der Waals surface area contributed by atoms with E-state index in [9.17, 15) is 13.2 Å². The molecular weight excluding hydrogens is 648 g/mol. The Morgan fingerprint density at radius 1 is 0.898 bits per heavy atom. The van der Waals surface area contributed by atoms with Crippen LogP contribution in [-0.2, 0) is 26.7 Å². The first-order valence-corrected chi connectivity index (χ1v) is 20.4. The van der Waals surface area contributed by atoms with Crippen LogP contribution in [0.1, 0.15) is 111 Å². The lowest BCUT2D eigenvalue weighted by atomic mass is 9.33. The lowest BCUT2D eigenvalue weighted by Gasteiger charge is -2.70. The van der Waals surface area contributed by atoms with Crippen molar-refractivity contribution in [3.05, 3.63) is 76.5 Å². The molecule has 5 aliphatic carbocycles. The minimum atomic E-state index is -3.97. The molecule has 0 bridgehead atoms. The molecule has 3 aromatic rings. The topological polar surface area (TPSA) is 79.0 Å².